The molecule has 0 fully saturated rings. The van der Waals surface area contributed by atoms with Gasteiger partial charge in [0.25, 0.3) is 0 Å². The molecule has 0 aromatic carbocycles. The van der Waals surface area contributed by atoms with Crippen LogP contribution >= 0.6 is 0 Å². The maximum absolute atomic E-state index is 4.68. The lowest BCUT2D eigenvalue weighted by Gasteiger charge is -2.22. The fraction of sp³-hybridized carbons (Fsp3) is 0.538. The van der Waals surface area contributed by atoms with E-state index in [1.807, 2.05) is 23.0 Å². The van der Waals surface area contributed by atoms with Gasteiger partial charge in [0.05, 0.1) is 6.20 Å². The molecule has 0 bridgehead atoms. The molecule has 0 radical (unpaired) electrons. The van der Waals surface area contributed by atoms with Crippen LogP contribution in [0, 0.1) is 0 Å². The van der Waals surface area contributed by atoms with Gasteiger partial charge in [-0.15, -0.1) is 0 Å². The molecule has 0 spiro atoms. The number of nitrogens with one attached hydrogen (secondary N) is 1. The average molecular weight is 247 g/mol. The topological polar surface area (TPSA) is 45.5 Å². The zero-order chi connectivity index (χ0) is 13.0. The molecule has 18 heavy (non-hydrogen) atoms. The van der Waals surface area contributed by atoms with E-state index >= 15 is 0 Å². The molecule has 98 valence electrons. The number of rotatable bonds is 6. The minimum Gasteiger partial charge on any atom is -0.369 e. The molecular weight excluding hydrogens is 226 g/mol. The van der Waals surface area contributed by atoms with Crippen molar-refractivity contribution in [2.75, 3.05) is 29.9 Å². The summed E-state index contributed by atoms with van der Waals surface area (Å²) in [5.74, 6) is 1.86. The summed E-state index contributed by atoms with van der Waals surface area (Å²) in [5.41, 5.74) is 0.923. The molecule has 0 aliphatic rings. The summed E-state index contributed by atoms with van der Waals surface area (Å²) < 4.78 is 2.03. The van der Waals surface area contributed by atoms with Crippen molar-refractivity contribution in [3.8, 4) is 0 Å². The van der Waals surface area contributed by atoms with Crippen LogP contribution in [-0.4, -0.2) is 34.0 Å². The van der Waals surface area contributed by atoms with Gasteiger partial charge in [-0.25, -0.2) is 9.97 Å². The van der Waals surface area contributed by atoms with Crippen LogP contribution in [0.3, 0.4) is 0 Å². The van der Waals surface area contributed by atoms with Gasteiger partial charge in [0, 0.05) is 32.0 Å². The summed E-state index contributed by atoms with van der Waals surface area (Å²) >= 11 is 0. The second kappa shape index (κ2) is 5.71. The van der Waals surface area contributed by atoms with Crippen molar-refractivity contribution in [1.82, 2.24) is 14.4 Å². The first kappa shape index (κ1) is 12.7. The molecule has 0 aliphatic carbocycles. The second-order valence-corrected chi connectivity index (χ2v) is 4.22. The van der Waals surface area contributed by atoms with Gasteiger partial charge in [-0.2, -0.15) is 0 Å². The maximum Gasteiger partial charge on any atom is 0.180 e. The van der Waals surface area contributed by atoms with Crippen LogP contribution in [0.15, 0.2) is 18.6 Å². The predicted octanol–water partition coefficient (Wildman–Crippen LogP) is 2.40. The number of hydrogen-bond acceptors (Lipinski definition) is 4. The third-order valence-corrected chi connectivity index (χ3v) is 2.89. The van der Waals surface area contributed by atoms with E-state index in [0.717, 1.165) is 43.3 Å². The van der Waals surface area contributed by atoms with Gasteiger partial charge in [0.2, 0.25) is 0 Å². The molecule has 5 heteroatoms. The van der Waals surface area contributed by atoms with Crippen molar-refractivity contribution in [3.63, 3.8) is 0 Å². The van der Waals surface area contributed by atoms with E-state index in [4.69, 9.17) is 0 Å². The molecule has 5 nitrogen and oxygen atoms in total. The van der Waals surface area contributed by atoms with Crippen molar-refractivity contribution in [3.05, 3.63) is 18.6 Å². The van der Waals surface area contributed by atoms with Crippen LogP contribution in [0.2, 0.25) is 0 Å². The van der Waals surface area contributed by atoms with E-state index in [9.17, 15) is 0 Å². The standard InChI is InChI=1S/C13H21N5/c1-4-8-17(6-3)13-12-15-7-9-18(12)10-11(16-13)14-5-2/h7,9-10,14H,4-6,8H2,1-3H3. The summed E-state index contributed by atoms with van der Waals surface area (Å²) in [5, 5.41) is 3.26. The molecule has 2 aromatic heterocycles. The number of anilines is 2. The first-order chi connectivity index (χ1) is 8.80. The van der Waals surface area contributed by atoms with E-state index in [1.54, 1.807) is 0 Å². The third kappa shape index (κ3) is 2.39. The van der Waals surface area contributed by atoms with Crippen LogP contribution in [-0.2, 0) is 0 Å². The van der Waals surface area contributed by atoms with E-state index in [0.29, 0.717) is 0 Å². The Balaban J connectivity index is 2.47. The molecule has 0 saturated carbocycles. The number of fused-ring (bicyclic) bond motifs is 1. The van der Waals surface area contributed by atoms with E-state index in [1.165, 1.54) is 0 Å². The van der Waals surface area contributed by atoms with Crippen molar-refractivity contribution < 1.29 is 0 Å². The highest BCUT2D eigenvalue weighted by atomic mass is 15.2. The Kier molecular flexibility index (Phi) is 4.02. The first-order valence-electron chi connectivity index (χ1n) is 6.62. The summed E-state index contributed by atoms with van der Waals surface area (Å²) in [6, 6.07) is 0. The molecule has 0 saturated heterocycles. The number of aromatic nitrogens is 3. The normalized spacial score (nSPS) is 10.8. The molecular formula is C13H21N5. The summed E-state index contributed by atoms with van der Waals surface area (Å²) in [4.78, 5) is 11.4. The highest BCUT2D eigenvalue weighted by molar-refractivity contribution is 5.66. The molecule has 0 unspecified atom stereocenters. The summed E-state index contributed by atoms with van der Waals surface area (Å²) in [6.45, 7) is 9.21. The monoisotopic (exact) mass is 247 g/mol. The van der Waals surface area contributed by atoms with Gasteiger partial charge in [0.1, 0.15) is 5.82 Å². The largest absolute Gasteiger partial charge is 0.369 e. The molecule has 2 heterocycles. The second-order valence-electron chi connectivity index (χ2n) is 4.22. The SMILES string of the molecule is CCCN(CC)c1nc(NCC)cn2ccnc12. The number of hydrogen-bond donors (Lipinski definition) is 1. The van der Waals surface area contributed by atoms with Crippen LogP contribution in [0.5, 0.6) is 0 Å². The highest BCUT2D eigenvalue weighted by Gasteiger charge is 2.12. The molecule has 0 atom stereocenters. The fourth-order valence-corrected chi connectivity index (χ4v) is 2.08. The molecule has 2 aromatic rings. The zero-order valence-electron chi connectivity index (χ0n) is 11.3. The quantitative estimate of drug-likeness (QED) is 0.851. The van der Waals surface area contributed by atoms with E-state index in [-0.39, 0.29) is 0 Å². The van der Waals surface area contributed by atoms with E-state index in [2.05, 4.69) is 41.0 Å². The van der Waals surface area contributed by atoms with Gasteiger partial charge in [-0.05, 0) is 20.3 Å². The summed E-state index contributed by atoms with van der Waals surface area (Å²) in [6.07, 6.45) is 6.86. The Morgan fingerprint density at radius 2 is 2.17 bits per heavy atom. The van der Waals surface area contributed by atoms with Crippen molar-refractivity contribution in [2.45, 2.75) is 27.2 Å². The lowest BCUT2D eigenvalue weighted by atomic mass is 10.4. The van der Waals surface area contributed by atoms with Gasteiger partial charge in [0.15, 0.2) is 11.5 Å². The van der Waals surface area contributed by atoms with Crippen molar-refractivity contribution >= 4 is 17.3 Å². The zero-order valence-corrected chi connectivity index (χ0v) is 11.3. The minimum absolute atomic E-state index is 0.868. The Bertz CT molecular complexity index is 505. The molecule has 2 rings (SSSR count). The van der Waals surface area contributed by atoms with Gasteiger partial charge in [-0.3, -0.25) is 0 Å². The van der Waals surface area contributed by atoms with Gasteiger partial charge in [-0.1, -0.05) is 6.92 Å². The molecule has 0 aliphatic heterocycles. The Morgan fingerprint density at radius 1 is 1.33 bits per heavy atom. The molecule has 1 N–H and O–H groups in total. The van der Waals surface area contributed by atoms with Crippen LogP contribution < -0.4 is 10.2 Å². The van der Waals surface area contributed by atoms with Crippen LogP contribution in [0.4, 0.5) is 11.6 Å². The van der Waals surface area contributed by atoms with Crippen LogP contribution in [0.25, 0.3) is 5.65 Å². The lowest BCUT2D eigenvalue weighted by molar-refractivity contribution is 0.778. The van der Waals surface area contributed by atoms with E-state index < -0.39 is 0 Å². The number of imidazole rings is 1. The smallest absolute Gasteiger partial charge is 0.180 e. The van der Waals surface area contributed by atoms with Crippen molar-refractivity contribution in [2.24, 2.45) is 0 Å². The Hall–Kier alpha value is -1.78. The van der Waals surface area contributed by atoms with Gasteiger partial charge < -0.3 is 14.6 Å². The highest BCUT2D eigenvalue weighted by Crippen LogP contribution is 2.20. The maximum atomic E-state index is 4.68. The van der Waals surface area contributed by atoms with Crippen LogP contribution in [0.1, 0.15) is 27.2 Å². The summed E-state index contributed by atoms with van der Waals surface area (Å²) in [7, 11) is 0. The number of nitrogens with zero attached hydrogens (tertiary/aromatic N) is 4. The third-order valence-electron chi connectivity index (χ3n) is 2.89. The lowest BCUT2D eigenvalue weighted by Crippen LogP contribution is -2.25. The Labute approximate surface area is 108 Å². The Morgan fingerprint density at radius 3 is 2.83 bits per heavy atom. The average Bonchev–Trinajstić information content (AvgIpc) is 2.83. The fourth-order valence-electron chi connectivity index (χ4n) is 2.08. The first-order valence-corrected chi connectivity index (χ1v) is 6.62. The minimum atomic E-state index is 0.868. The van der Waals surface area contributed by atoms with Gasteiger partial charge >= 0.3 is 0 Å². The molecule has 0 amide bonds. The van der Waals surface area contributed by atoms with Crippen molar-refractivity contribution in [1.29, 1.82) is 0 Å². The predicted molar refractivity (Wildman–Crippen MR) is 75.3 cm³/mol.